The third kappa shape index (κ3) is 3.72. The SMILES string of the molecule is CCc1nc(CN2CCN(C(=O)C3CC4CCCCC4N3)CC2)no1. The van der Waals surface area contributed by atoms with Crippen LogP contribution in [0.3, 0.4) is 0 Å². The van der Waals surface area contributed by atoms with Crippen LogP contribution < -0.4 is 5.32 Å². The highest BCUT2D eigenvalue weighted by Crippen LogP contribution is 2.33. The van der Waals surface area contributed by atoms with E-state index in [-0.39, 0.29) is 6.04 Å². The second-order valence-corrected chi connectivity index (χ2v) is 7.67. The van der Waals surface area contributed by atoms with Gasteiger partial charge in [0.2, 0.25) is 11.8 Å². The Morgan fingerprint density at radius 2 is 2.04 bits per heavy atom. The number of nitrogens with one attached hydrogen (secondary N) is 1. The van der Waals surface area contributed by atoms with E-state index in [0.29, 0.717) is 24.4 Å². The van der Waals surface area contributed by atoms with Crippen molar-refractivity contribution in [2.45, 2.75) is 64.1 Å². The molecular formula is C18H29N5O2. The maximum absolute atomic E-state index is 12.9. The number of aryl methyl sites for hydroxylation is 1. The molecule has 1 aromatic heterocycles. The first kappa shape index (κ1) is 17.0. The van der Waals surface area contributed by atoms with E-state index in [0.717, 1.165) is 50.8 Å². The summed E-state index contributed by atoms with van der Waals surface area (Å²) in [7, 11) is 0. The lowest BCUT2D eigenvalue weighted by atomic mass is 9.85. The molecule has 0 bridgehead atoms. The lowest BCUT2D eigenvalue weighted by molar-refractivity contribution is -0.135. The zero-order valence-electron chi connectivity index (χ0n) is 15.1. The number of hydrogen-bond acceptors (Lipinski definition) is 6. The van der Waals surface area contributed by atoms with Crippen LogP contribution >= 0.6 is 0 Å². The van der Waals surface area contributed by atoms with Crippen molar-refractivity contribution in [1.82, 2.24) is 25.3 Å². The van der Waals surface area contributed by atoms with Crippen molar-refractivity contribution in [1.29, 1.82) is 0 Å². The van der Waals surface area contributed by atoms with Gasteiger partial charge < -0.3 is 14.7 Å². The fourth-order valence-electron chi connectivity index (χ4n) is 4.56. The molecule has 3 atom stereocenters. The fraction of sp³-hybridized carbons (Fsp3) is 0.833. The normalized spacial score (nSPS) is 30.4. The highest BCUT2D eigenvalue weighted by Gasteiger charge is 2.40. The molecule has 7 nitrogen and oxygen atoms in total. The number of piperazine rings is 1. The highest BCUT2D eigenvalue weighted by atomic mass is 16.5. The summed E-state index contributed by atoms with van der Waals surface area (Å²) in [5.41, 5.74) is 0. The quantitative estimate of drug-likeness (QED) is 0.882. The van der Waals surface area contributed by atoms with E-state index in [4.69, 9.17) is 4.52 Å². The van der Waals surface area contributed by atoms with E-state index in [2.05, 4.69) is 20.4 Å². The van der Waals surface area contributed by atoms with Gasteiger partial charge in [-0.2, -0.15) is 4.98 Å². The summed E-state index contributed by atoms with van der Waals surface area (Å²) in [5, 5.41) is 7.63. The average Bonchev–Trinajstić information content (AvgIpc) is 3.28. The Balaban J connectivity index is 1.26. The summed E-state index contributed by atoms with van der Waals surface area (Å²) in [6, 6.07) is 0.624. The van der Waals surface area contributed by atoms with Gasteiger partial charge in [-0.25, -0.2) is 0 Å². The molecule has 1 aliphatic carbocycles. The maximum atomic E-state index is 12.9. The van der Waals surface area contributed by atoms with Crippen LogP contribution in [0.25, 0.3) is 0 Å². The van der Waals surface area contributed by atoms with Crippen LogP contribution in [0.4, 0.5) is 0 Å². The lowest BCUT2D eigenvalue weighted by Crippen LogP contribution is -2.53. The van der Waals surface area contributed by atoms with Crippen molar-refractivity contribution < 1.29 is 9.32 Å². The van der Waals surface area contributed by atoms with E-state index in [9.17, 15) is 4.79 Å². The monoisotopic (exact) mass is 347 g/mol. The molecule has 1 saturated carbocycles. The van der Waals surface area contributed by atoms with E-state index in [1.165, 1.54) is 25.7 Å². The third-order valence-corrected chi connectivity index (χ3v) is 6.02. The van der Waals surface area contributed by atoms with E-state index >= 15 is 0 Å². The molecule has 4 rings (SSSR count). The Morgan fingerprint density at radius 1 is 1.24 bits per heavy atom. The summed E-state index contributed by atoms with van der Waals surface area (Å²) in [5.74, 6) is 2.47. The molecule has 1 N–H and O–H groups in total. The minimum Gasteiger partial charge on any atom is -0.339 e. The van der Waals surface area contributed by atoms with Gasteiger partial charge in [-0.3, -0.25) is 9.69 Å². The third-order valence-electron chi connectivity index (χ3n) is 6.02. The lowest BCUT2D eigenvalue weighted by Gasteiger charge is -2.35. The maximum Gasteiger partial charge on any atom is 0.239 e. The van der Waals surface area contributed by atoms with E-state index in [1.807, 2.05) is 11.8 Å². The summed E-state index contributed by atoms with van der Waals surface area (Å²) in [6.45, 7) is 6.06. The number of aromatic nitrogens is 2. The molecule has 2 aliphatic heterocycles. The van der Waals surface area contributed by atoms with E-state index < -0.39 is 0 Å². The minimum atomic E-state index is 0.0453. The molecule has 7 heteroatoms. The molecule has 0 aromatic carbocycles. The topological polar surface area (TPSA) is 74.5 Å². The van der Waals surface area contributed by atoms with Gasteiger partial charge in [0, 0.05) is 38.6 Å². The van der Waals surface area contributed by atoms with Crippen LogP contribution in [0.1, 0.15) is 50.7 Å². The molecule has 1 amide bonds. The molecular weight excluding hydrogens is 318 g/mol. The van der Waals surface area contributed by atoms with E-state index in [1.54, 1.807) is 0 Å². The van der Waals surface area contributed by atoms with Crippen molar-refractivity contribution >= 4 is 5.91 Å². The molecule has 25 heavy (non-hydrogen) atoms. The second-order valence-electron chi connectivity index (χ2n) is 7.67. The average molecular weight is 347 g/mol. The van der Waals surface area contributed by atoms with Crippen molar-refractivity contribution in [3.63, 3.8) is 0 Å². The largest absolute Gasteiger partial charge is 0.339 e. The van der Waals surface area contributed by atoms with Gasteiger partial charge >= 0.3 is 0 Å². The first-order chi connectivity index (χ1) is 12.2. The predicted octanol–water partition coefficient (Wildman–Crippen LogP) is 1.20. The second kappa shape index (κ2) is 7.41. The number of carbonyl (C=O) groups is 1. The van der Waals surface area contributed by atoms with Gasteiger partial charge in [0.25, 0.3) is 0 Å². The number of nitrogens with zero attached hydrogens (tertiary/aromatic N) is 4. The van der Waals surface area contributed by atoms with Crippen molar-refractivity contribution in [2.24, 2.45) is 5.92 Å². The molecule has 0 radical (unpaired) electrons. The molecule has 138 valence electrons. The summed E-state index contributed by atoms with van der Waals surface area (Å²) < 4.78 is 5.17. The van der Waals surface area contributed by atoms with Gasteiger partial charge in [0.05, 0.1) is 12.6 Å². The van der Waals surface area contributed by atoms with Crippen LogP contribution in [0, 0.1) is 5.92 Å². The zero-order chi connectivity index (χ0) is 17.2. The van der Waals surface area contributed by atoms with Crippen LogP contribution in [0.5, 0.6) is 0 Å². The zero-order valence-corrected chi connectivity index (χ0v) is 15.1. The molecule has 2 saturated heterocycles. The van der Waals surface area contributed by atoms with Crippen molar-refractivity contribution in [3.05, 3.63) is 11.7 Å². The number of rotatable bonds is 4. The van der Waals surface area contributed by atoms with Crippen molar-refractivity contribution in [2.75, 3.05) is 26.2 Å². The summed E-state index contributed by atoms with van der Waals surface area (Å²) in [6.07, 6.45) is 6.98. The Bertz CT molecular complexity index is 582. The Kier molecular flexibility index (Phi) is 5.03. The van der Waals surface area contributed by atoms with Gasteiger partial charge in [-0.1, -0.05) is 24.9 Å². The Labute approximate surface area is 149 Å². The predicted molar refractivity (Wildman–Crippen MR) is 92.8 cm³/mol. The molecule has 3 unspecified atom stereocenters. The highest BCUT2D eigenvalue weighted by molar-refractivity contribution is 5.82. The first-order valence-electron chi connectivity index (χ1n) is 9.81. The van der Waals surface area contributed by atoms with Gasteiger partial charge in [-0.05, 0) is 25.2 Å². The molecule has 0 spiro atoms. The number of hydrogen-bond donors (Lipinski definition) is 1. The molecule has 3 aliphatic rings. The number of carbonyl (C=O) groups excluding carboxylic acids is 1. The Hall–Kier alpha value is -1.47. The molecule has 3 fully saturated rings. The summed E-state index contributed by atoms with van der Waals surface area (Å²) >= 11 is 0. The van der Waals surface area contributed by atoms with Crippen LogP contribution in [0.15, 0.2) is 4.52 Å². The molecule has 1 aromatic rings. The standard InChI is InChI=1S/C18H29N5O2/c1-2-17-20-16(21-25-17)12-22-7-9-23(10-8-22)18(24)15-11-13-5-3-4-6-14(13)19-15/h13-15,19H,2-12H2,1H3. The fourth-order valence-corrected chi connectivity index (χ4v) is 4.56. The summed E-state index contributed by atoms with van der Waals surface area (Å²) in [4.78, 5) is 21.6. The minimum absolute atomic E-state index is 0.0453. The first-order valence-corrected chi connectivity index (χ1v) is 9.81. The van der Waals surface area contributed by atoms with Gasteiger partial charge in [0.15, 0.2) is 5.82 Å². The van der Waals surface area contributed by atoms with Crippen LogP contribution in [0.2, 0.25) is 0 Å². The molecule has 3 heterocycles. The van der Waals surface area contributed by atoms with Gasteiger partial charge in [0.1, 0.15) is 0 Å². The number of amides is 1. The van der Waals surface area contributed by atoms with Crippen molar-refractivity contribution in [3.8, 4) is 0 Å². The number of fused-ring (bicyclic) bond motifs is 1. The smallest absolute Gasteiger partial charge is 0.239 e. The Morgan fingerprint density at radius 3 is 2.76 bits per heavy atom. The van der Waals surface area contributed by atoms with Crippen LogP contribution in [-0.2, 0) is 17.8 Å². The van der Waals surface area contributed by atoms with Crippen LogP contribution in [-0.4, -0.2) is 64.1 Å². The van der Waals surface area contributed by atoms with Gasteiger partial charge in [-0.15, -0.1) is 0 Å².